The maximum atomic E-state index is 12.6. The van der Waals surface area contributed by atoms with Gasteiger partial charge in [0, 0.05) is 49.5 Å². The lowest BCUT2D eigenvalue weighted by atomic mass is 10.1. The molecule has 2 aromatic carbocycles. The first-order valence-corrected chi connectivity index (χ1v) is 9.73. The maximum absolute atomic E-state index is 12.6. The quantitative estimate of drug-likeness (QED) is 0.818. The number of carbonyl (C=O) groups is 2. The van der Waals surface area contributed by atoms with Crippen LogP contribution >= 0.6 is 11.6 Å². The van der Waals surface area contributed by atoms with Crippen molar-refractivity contribution in [3.8, 4) is 0 Å². The van der Waals surface area contributed by atoms with E-state index in [-0.39, 0.29) is 18.0 Å². The van der Waals surface area contributed by atoms with Gasteiger partial charge in [-0.2, -0.15) is 0 Å². The molecule has 28 heavy (non-hydrogen) atoms. The Balaban J connectivity index is 1.55. The van der Waals surface area contributed by atoms with Crippen molar-refractivity contribution < 1.29 is 9.59 Å². The van der Waals surface area contributed by atoms with Crippen LogP contribution in [0.15, 0.2) is 48.5 Å². The van der Waals surface area contributed by atoms with E-state index in [1.165, 1.54) is 6.92 Å². The number of urea groups is 1. The molecule has 1 saturated heterocycles. The molecule has 3 amide bonds. The van der Waals surface area contributed by atoms with Crippen molar-refractivity contribution in [2.45, 2.75) is 19.9 Å². The fourth-order valence-electron chi connectivity index (χ4n) is 3.29. The molecule has 1 heterocycles. The van der Waals surface area contributed by atoms with Crippen LogP contribution in [-0.4, -0.2) is 43.0 Å². The highest BCUT2D eigenvalue weighted by molar-refractivity contribution is 6.30. The predicted octanol–water partition coefficient (Wildman–Crippen LogP) is 3.89. The zero-order chi connectivity index (χ0) is 20.1. The van der Waals surface area contributed by atoms with E-state index in [1.54, 1.807) is 0 Å². The number of halogens is 1. The number of nitrogens with zero attached hydrogens (tertiary/aromatic N) is 2. The first-order valence-electron chi connectivity index (χ1n) is 9.36. The Morgan fingerprint density at radius 3 is 2.43 bits per heavy atom. The summed E-state index contributed by atoms with van der Waals surface area (Å²) >= 11 is 6.07. The molecule has 3 rings (SSSR count). The molecule has 6 nitrogen and oxygen atoms in total. The van der Waals surface area contributed by atoms with Gasteiger partial charge in [-0.3, -0.25) is 4.79 Å². The van der Waals surface area contributed by atoms with Crippen molar-refractivity contribution in [2.24, 2.45) is 0 Å². The van der Waals surface area contributed by atoms with Crippen molar-refractivity contribution in [2.75, 3.05) is 36.4 Å². The monoisotopic (exact) mass is 400 g/mol. The van der Waals surface area contributed by atoms with Crippen molar-refractivity contribution in [1.82, 2.24) is 10.2 Å². The van der Waals surface area contributed by atoms with E-state index in [0.717, 1.165) is 30.0 Å². The molecule has 1 aliphatic rings. The summed E-state index contributed by atoms with van der Waals surface area (Å²) in [7, 11) is 0. The average Bonchev–Trinajstić information content (AvgIpc) is 2.68. The van der Waals surface area contributed by atoms with Crippen molar-refractivity contribution in [1.29, 1.82) is 0 Å². The highest BCUT2D eigenvalue weighted by atomic mass is 35.5. The van der Waals surface area contributed by atoms with Gasteiger partial charge in [-0.15, -0.1) is 0 Å². The third-order valence-corrected chi connectivity index (χ3v) is 5.02. The number of hydrogen-bond donors (Lipinski definition) is 2. The van der Waals surface area contributed by atoms with Crippen LogP contribution in [0.25, 0.3) is 0 Å². The van der Waals surface area contributed by atoms with E-state index >= 15 is 0 Å². The van der Waals surface area contributed by atoms with Crippen LogP contribution in [0.2, 0.25) is 5.02 Å². The second kappa shape index (κ2) is 8.97. The molecule has 0 saturated carbocycles. The van der Waals surface area contributed by atoms with E-state index in [4.69, 9.17) is 11.6 Å². The summed E-state index contributed by atoms with van der Waals surface area (Å²) in [6.07, 6.45) is 0. The fraction of sp³-hybridized carbons (Fsp3) is 0.333. The molecular formula is C21H25ClN4O2. The number of rotatable bonds is 4. The Kier molecular flexibility index (Phi) is 6.41. The minimum atomic E-state index is -0.160. The number of carbonyl (C=O) groups excluding carboxylic acids is 2. The minimum absolute atomic E-state index is 0.0804. The third kappa shape index (κ3) is 5.16. The van der Waals surface area contributed by atoms with Crippen LogP contribution in [-0.2, 0) is 4.79 Å². The Morgan fingerprint density at radius 2 is 1.75 bits per heavy atom. The van der Waals surface area contributed by atoms with E-state index in [1.807, 2.05) is 60.4 Å². The summed E-state index contributed by atoms with van der Waals surface area (Å²) in [5.74, 6) is -0.119. The summed E-state index contributed by atoms with van der Waals surface area (Å²) in [5, 5.41) is 6.52. The fourth-order valence-corrected chi connectivity index (χ4v) is 3.47. The molecule has 148 valence electrons. The molecule has 1 aliphatic heterocycles. The number of benzene rings is 2. The summed E-state index contributed by atoms with van der Waals surface area (Å²) in [4.78, 5) is 27.9. The van der Waals surface area contributed by atoms with E-state index in [2.05, 4.69) is 15.5 Å². The van der Waals surface area contributed by atoms with Crippen molar-refractivity contribution in [3.63, 3.8) is 0 Å². The van der Waals surface area contributed by atoms with Crippen LogP contribution in [0.4, 0.5) is 16.2 Å². The zero-order valence-corrected chi connectivity index (χ0v) is 16.9. The molecule has 0 spiro atoms. The molecule has 7 heteroatoms. The number of anilines is 2. The average molecular weight is 401 g/mol. The largest absolute Gasteiger partial charge is 0.368 e. The third-order valence-electron chi connectivity index (χ3n) is 4.79. The lowest BCUT2D eigenvalue weighted by Crippen LogP contribution is -2.52. The summed E-state index contributed by atoms with van der Waals surface area (Å²) in [6.45, 7) is 6.24. The van der Waals surface area contributed by atoms with Gasteiger partial charge in [0.2, 0.25) is 5.91 Å². The molecule has 1 fully saturated rings. The minimum Gasteiger partial charge on any atom is -0.368 e. The van der Waals surface area contributed by atoms with Crippen LogP contribution in [0, 0.1) is 0 Å². The Bertz CT molecular complexity index is 850. The Hall–Kier alpha value is -2.73. The molecule has 0 aromatic heterocycles. The van der Waals surface area contributed by atoms with Gasteiger partial charge >= 0.3 is 6.03 Å². The molecule has 0 bridgehead atoms. The Labute approximate surface area is 170 Å². The van der Waals surface area contributed by atoms with E-state index < -0.39 is 0 Å². The molecule has 2 N–H and O–H groups in total. The predicted molar refractivity (Wildman–Crippen MR) is 113 cm³/mol. The molecule has 0 aliphatic carbocycles. The summed E-state index contributed by atoms with van der Waals surface area (Å²) in [6, 6.07) is 15.0. The second-order valence-electron chi connectivity index (χ2n) is 6.93. The lowest BCUT2D eigenvalue weighted by molar-refractivity contribution is -0.114. The summed E-state index contributed by atoms with van der Waals surface area (Å²) < 4.78 is 0. The molecular weight excluding hydrogens is 376 g/mol. The molecule has 0 radical (unpaired) electrons. The van der Waals surface area contributed by atoms with Crippen LogP contribution in [0.1, 0.15) is 25.5 Å². The SMILES string of the molecule is CC(=O)Nc1cccc([C@@H](C)NC(=O)N2CCN(c3cccc(Cl)c3)CC2)c1. The second-order valence-corrected chi connectivity index (χ2v) is 7.37. The van der Waals surface area contributed by atoms with Gasteiger partial charge in [0.1, 0.15) is 0 Å². The number of nitrogens with one attached hydrogen (secondary N) is 2. The lowest BCUT2D eigenvalue weighted by Gasteiger charge is -2.36. The van der Waals surface area contributed by atoms with E-state index in [9.17, 15) is 9.59 Å². The van der Waals surface area contributed by atoms with Crippen molar-refractivity contribution >= 4 is 34.9 Å². The van der Waals surface area contributed by atoms with Gasteiger partial charge in [0.05, 0.1) is 6.04 Å². The molecule has 0 unspecified atom stereocenters. The number of piperazine rings is 1. The van der Waals surface area contributed by atoms with Crippen LogP contribution in [0.5, 0.6) is 0 Å². The van der Waals surface area contributed by atoms with Gasteiger partial charge in [-0.25, -0.2) is 4.79 Å². The van der Waals surface area contributed by atoms with E-state index in [0.29, 0.717) is 18.1 Å². The Morgan fingerprint density at radius 1 is 1.04 bits per heavy atom. The normalized spacial score (nSPS) is 15.1. The maximum Gasteiger partial charge on any atom is 0.317 e. The van der Waals surface area contributed by atoms with Gasteiger partial charge in [-0.05, 0) is 42.8 Å². The zero-order valence-electron chi connectivity index (χ0n) is 16.1. The number of amides is 3. The summed E-state index contributed by atoms with van der Waals surface area (Å²) in [5.41, 5.74) is 2.74. The van der Waals surface area contributed by atoms with Crippen LogP contribution in [0.3, 0.4) is 0 Å². The van der Waals surface area contributed by atoms with Crippen molar-refractivity contribution in [3.05, 3.63) is 59.1 Å². The van der Waals surface area contributed by atoms with Gasteiger partial charge < -0.3 is 20.4 Å². The highest BCUT2D eigenvalue weighted by Gasteiger charge is 2.22. The molecule has 1 atom stereocenters. The van der Waals surface area contributed by atoms with Gasteiger partial charge in [-0.1, -0.05) is 29.8 Å². The van der Waals surface area contributed by atoms with Crippen LogP contribution < -0.4 is 15.5 Å². The smallest absolute Gasteiger partial charge is 0.317 e. The van der Waals surface area contributed by atoms with Gasteiger partial charge in [0.15, 0.2) is 0 Å². The van der Waals surface area contributed by atoms with Gasteiger partial charge in [0.25, 0.3) is 0 Å². The molecule has 2 aromatic rings. The first kappa shape index (κ1) is 20.0. The highest BCUT2D eigenvalue weighted by Crippen LogP contribution is 2.21. The standard InChI is InChI=1S/C21H25ClN4O2/c1-15(17-5-3-7-19(13-17)24-16(2)27)23-21(28)26-11-9-25(10-12-26)20-8-4-6-18(22)14-20/h3-8,13-15H,9-12H2,1-2H3,(H,23,28)(H,24,27)/t15-/m1/s1. The topological polar surface area (TPSA) is 64.7 Å². The first-order chi connectivity index (χ1) is 13.4. The number of hydrogen-bond acceptors (Lipinski definition) is 3.